The number of likely N-dealkylation sites (N-methyl/N-ethyl adjacent to an activating group) is 1. The molecule has 10 heteroatoms. The van der Waals surface area contributed by atoms with Crippen LogP contribution in [0, 0.1) is 0 Å². The molecule has 42 heavy (non-hydrogen) atoms. The summed E-state index contributed by atoms with van der Waals surface area (Å²) in [6, 6.07) is 12.9. The quantitative estimate of drug-likeness (QED) is 0.295. The van der Waals surface area contributed by atoms with E-state index in [4.69, 9.17) is 10.5 Å². The summed E-state index contributed by atoms with van der Waals surface area (Å²) in [6.07, 6.45) is 8.21. The molecule has 222 valence electrons. The molecule has 2 aliphatic rings. The number of ether oxygens (including phenoxy) is 1. The number of hydrogen-bond donors (Lipinski definition) is 3. The van der Waals surface area contributed by atoms with Crippen molar-refractivity contribution in [2.24, 2.45) is 0 Å². The van der Waals surface area contributed by atoms with E-state index in [2.05, 4.69) is 42.9 Å². The molecule has 4 N–H and O–H groups in total. The Balaban J connectivity index is 0.00000353. The maximum atomic E-state index is 12.8. The number of nitrogens with two attached hydrogens (primary N) is 1. The molecule has 10 nitrogen and oxygen atoms in total. The highest BCUT2D eigenvalue weighted by Gasteiger charge is 2.30. The number of aromatic hydroxyl groups is 1. The first-order chi connectivity index (χ1) is 19.9. The first-order valence-electron chi connectivity index (χ1n) is 14.2. The summed E-state index contributed by atoms with van der Waals surface area (Å²) >= 11 is 0. The summed E-state index contributed by atoms with van der Waals surface area (Å²) in [4.78, 5) is 26.9. The summed E-state index contributed by atoms with van der Waals surface area (Å²) in [5.74, 6) is 0.646. The number of nitrogens with one attached hydrogen (secondary N) is 1. The number of piperazine rings is 1. The standard InChI is InChI=1S/C31H37N7O3.CH4/c1-36-12-14-37(15-13-36)22-7-9-23(10-8-22)38-18-25(28-29(32)33-19-34-30(28)38)20-6-11-26(27(17-20)41-2)35-31(40)21-4-3-5-24(39)16-21;/h3-6,11,16-19,22-23,39H,7-10,12-15H2,1-2H3,(H,35,40)(H2,32,33,34);1H4. The molecule has 4 aromatic rings. The third kappa shape index (κ3) is 5.77. The van der Waals surface area contributed by atoms with Crippen LogP contribution in [-0.4, -0.2) is 81.7 Å². The first kappa shape index (κ1) is 29.3. The number of phenols is 1. The molecular formula is C32H41N7O3. The zero-order chi connectivity index (χ0) is 28.5. The van der Waals surface area contributed by atoms with Gasteiger partial charge in [-0.1, -0.05) is 19.6 Å². The lowest BCUT2D eigenvalue weighted by molar-refractivity contribution is 0.0828. The Morgan fingerprint density at radius 3 is 2.48 bits per heavy atom. The van der Waals surface area contributed by atoms with Crippen LogP contribution in [0.15, 0.2) is 55.0 Å². The van der Waals surface area contributed by atoms with E-state index in [0.29, 0.717) is 34.9 Å². The highest BCUT2D eigenvalue weighted by atomic mass is 16.5. The van der Waals surface area contributed by atoms with Gasteiger partial charge < -0.3 is 30.4 Å². The van der Waals surface area contributed by atoms with Gasteiger partial charge >= 0.3 is 0 Å². The van der Waals surface area contributed by atoms with Crippen molar-refractivity contribution in [1.29, 1.82) is 0 Å². The minimum atomic E-state index is -0.339. The van der Waals surface area contributed by atoms with Crippen LogP contribution in [0.5, 0.6) is 11.5 Å². The van der Waals surface area contributed by atoms with Crippen molar-refractivity contribution in [1.82, 2.24) is 24.3 Å². The summed E-state index contributed by atoms with van der Waals surface area (Å²) in [5.41, 5.74) is 9.98. The molecule has 1 saturated heterocycles. The normalized spacial score (nSPS) is 19.8. The van der Waals surface area contributed by atoms with Crippen LogP contribution in [0.1, 0.15) is 49.5 Å². The number of aromatic nitrogens is 3. The van der Waals surface area contributed by atoms with Gasteiger partial charge in [-0.15, -0.1) is 0 Å². The Bertz CT molecular complexity index is 1550. The fraction of sp³-hybridized carbons (Fsp3) is 0.406. The average molecular weight is 572 g/mol. The van der Waals surface area contributed by atoms with Gasteiger partial charge in [-0.3, -0.25) is 9.69 Å². The van der Waals surface area contributed by atoms with Crippen LogP contribution >= 0.6 is 0 Å². The molecule has 0 atom stereocenters. The largest absolute Gasteiger partial charge is 0.508 e. The molecule has 1 saturated carbocycles. The summed E-state index contributed by atoms with van der Waals surface area (Å²) in [5, 5.41) is 13.5. The Morgan fingerprint density at radius 1 is 1.02 bits per heavy atom. The second kappa shape index (κ2) is 12.4. The summed E-state index contributed by atoms with van der Waals surface area (Å²) in [7, 11) is 3.77. The minimum Gasteiger partial charge on any atom is -0.508 e. The zero-order valence-electron chi connectivity index (χ0n) is 23.6. The van der Waals surface area contributed by atoms with E-state index < -0.39 is 0 Å². The lowest BCUT2D eigenvalue weighted by atomic mass is 9.89. The Labute approximate surface area is 247 Å². The number of carbonyl (C=O) groups excluding carboxylic acids is 1. The van der Waals surface area contributed by atoms with E-state index in [1.54, 1.807) is 19.2 Å². The number of nitrogens with zero attached hydrogens (tertiary/aromatic N) is 5. The van der Waals surface area contributed by atoms with Gasteiger partial charge in [0.15, 0.2) is 0 Å². The Morgan fingerprint density at radius 2 is 1.76 bits per heavy atom. The molecule has 2 fully saturated rings. The predicted molar refractivity (Wildman–Crippen MR) is 167 cm³/mol. The van der Waals surface area contributed by atoms with E-state index in [9.17, 15) is 9.90 Å². The maximum absolute atomic E-state index is 12.8. The first-order valence-corrected chi connectivity index (χ1v) is 14.2. The van der Waals surface area contributed by atoms with Crippen LogP contribution in [0.2, 0.25) is 0 Å². The second-order valence-corrected chi connectivity index (χ2v) is 11.1. The van der Waals surface area contributed by atoms with Crippen molar-refractivity contribution < 1.29 is 14.6 Å². The molecule has 1 aliphatic heterocycles. The molecule has 2 aromatic carbocycles. The van der Waals surface area contributed by atoms with Crippen LogP contribution in [-0.2, 0) is 0 Å². The lowest BCUT2D eigenvalue weighted by Gasteiger charge is -2.41. The van der Waals surface area contributed by atoms with E-state index in [0.717, 1.165) is 61.2 Å². The molecule has 2 aromatic heterocycles. The van der Waals surface area contributed by atoms with E-state index in [-0.39, 0.29) is 19.1 Å². The van der Waals surface area contributed by atoms with Gasteiger partial charge in [-0.05, 0) is 68.6 Å². The van der Waals surface area contributed by atoms with E-state index in [1.165, 1.54) is 31.3 Å². The van der Waals surface area contributed by atoms with Crippen LogP contribution in [0.25, 0.3) is 22.2 Å². The van der Waals surface area contributed by atoms with Crippen molar-refractivity contribution in [2.45, 2.75) is 45.2 Å². The number of rotatable bonds is 6. The minimum absolute atomic E-state index is 0. The Kier molecular flexibility index (Phi) is 8.65. The van der Waals surface area contributed by atoms with Gasteiger partial charge in [0.1, 0.15) is 29.3 Å². The number of amides is 1. The maximum Gasteiger partial charge on any atom is 0.255 e. The van der Waals surface area contributed by atoms with Gasteiger partial charge in [0.2, 0.25) is 0 Å². The fourth-order valence-corrected chi connectivity index (χ4v) is 6.30. The zero-order valence-corrected chi connectivity index (χ0v) is 23.6. The molecule has 0 spiro atoms. The lowest BCUT2D eigenvalue weighted by Crippen LogP contribution is -2.49. The monoisotopic (exact) mass is 571 g/mol. The van der Waals surface area contributed by atoms with E-state index >= 15 is 0 Å². The van der Waals surface area contributed by atoms with Crippen LogP contribution in [0.4, 0.5) is 11.5 Å². The molecule has 6 rings (SSSR count). The van der Waals surface area contributed by atoms with Crippen molar-refractivity contribution in [3.63, 3.8) is 0 Å². The number of phenolic OH excluding ortho intramolecular Hbond substituents is 1. The molecule has 0 radical (unpaired) electrons. The van der Waals surface area contributed by atoms with Crippen LogP contribution in [0.3, 0.4) is 0 Å². The average Bonchev–Trinajstić information content (AvgIpc) is 3.39. The van der Waals surface area contributed by atoms with Gasteiger partial charge in [-0.2, -0.15) is 0 Å². The van der Waals surface area contributed by atoms with Crippen molar-refractivity contribution in [3.8, 4) is 22.6 Å². The highest BCUT2D eigenvalue weighted by molar-refractivity contribution is 6.06. The molecular weight excluding hydrogens is 530 g/mol. The van der Waals surface area contributed by atoms with Gasteiger partial charge in [0.25, 0.3) is 5.91 Å². The smallest absolute Gasteiger partial charge is 0.255 e. The van der Waals surface area contributed by atoms with Crippen LogP contribution < -0.4 is 15.8 Å². The summed E-state index contributed by atoms with van der Waals surface area (Å²) in [6.45, 7) is 4.59. The molecule has 1 aliphatic carbocycles. The fourth-order valence-electron chi connectivity index (χ4n) is 6.30. The number of fused-ring (bicyclic) bond motifs is 1. The van der Waals surface area contributed by atoms with Crippen molar-refractivity contribution in [3.05, 3.63) is 60.6 Å². The number of nitrogen functional groups attached to an aromatic ring is 1. The molecule has 3 heterocycles. The van der Waals surface area contributed by atoms with E-state index in [1.807, 2.05) is 18.2 Å². The third-order valence-electron chi connectivity index (χ3n) is 8.62. The number of methoxy groups -OCH3 is 1. The number of benzene rings is 2. The molecule has 0 unspecified atom stereocenters. The second-order valence-electron chi connectivity index (χ2n) is 11.1. The Hall–Kier alpha value is -4.15. The number of hydrogen-bond acceptors (Lipinski definition) is 8. The number of carbonyl (C=O) groups is 1. The highest BCUT2D eigenvalue weighted by Crippen LogP contribution is 2.40. The van der Waals surface area contributed by atoms with Crippen molar-refractivity contribution >= 4 is 28.4 Å². The third-order valence-corrected chi connectivity index (χ3v) is 8.62. The van der Waals surface area contributed by atoms with Gasteiger partial charge in [0, 0.05) is 55.6 Å². The number of anilines is 2. The van der Waals surface area contributed by atoms with Gasteiger partial charge in [0.05, 0.1) is 18.2 Å². The predicted octanol–water partition coefficient (Wildman–Crippen LogP) is 5.01. The van der Waals surface area contributed by atoms with Crippen molar-refractivity contribution in [2.75, 3.05) is 51.4 Å². The molecule has 0 bridgehead atoms. The topological polar surface area (TPSA) is 122 Å². The summed E-state index contributed by atoms with van der Waals surface area (Å²) < 4.78 is 7.95. The van der Waals surface area contributed by atoms with Gasteiger partial charge in [-0.25, -0.2) is 9.97 Å². The SMILES string of the molecule is C.COc1cc(-c2cn(C3CCC(N4CCN(C)CC4)CC3)c3ncnc(N)c23)ccc1NC(=O)c1cccc(O)c1. The molecule has 1 amide bonds.